The van der Waals surface area contributed by atoms with E-state index in [0.29, 0.717) is 10.5 Å². The number of hydrogen-bond donors (Lipinski definition) is 2. The van der Waals surface area contributed by atoms with Crippen LogP contribution in [0.5, 0.6) is 0 Å². The molecular weight excluding hydrogens is 350 g/mol. The maximum atomic E-state index is 11.2. The Kier molecular flexibility index (Phi) is 5.20. The van der Waals surface area contributed by atoms with Crippen molar-refractivity contribution in [2.45, 2.75) is 6.42 Å². The molecule has 2 N–H and O–H groups in total. The van der Waals surface area contributed by atoms with Gasteiger partial charge in [0.1, 0.15) is 0 Å². The second-order valence-corrected chi connectivity index (χ2v) is 5.61. The number of imide groups is 1. The fourth-order valence-corrected chi connectivity index (χ4v) is 2.18. The lowest BCUT2D eigenvalue weighted by Crippen LogP contribution is -2.34. The van der Waals surface area contributed by atoms with Crippen LogP contribution < -0.4 is 10.6 Å². The summed E-state index contributed by atoms with van der Waals surface area (Å²) in [6.45, 7) is 0. The van der Waals surface area contributed by atoms with Crippen molar-refractivity contribution in [3.05, 3.63) is 9.98 Å². The van der Waals surface area contributed by atoms with E-state index in [-0.39, 0.29) is 12.3 Å². The Morgan fingerprint density at radius 2 is 2.27 bits per heavy atom. The number of aromatic nitrogens is 1. The van der Waals surface area contributed by atoms with Crippen LogP contribution in [0.4, 0.5) is 9.93 Å². The molecule has 1 rings (SSSR count). The summed E-state index contributed by atoms with van der Waals surface area (Å²) in [5.74, 6) is -0.333. The summed E-state index contributed by atoms with van der Waals surface area (Å²) in [6.07, 6.45) is 1.83. The molecule has 0 atom stereocenters. The zero-order valence-electron chi connectivity index (χ0n) is 7.42. The van der Waals surface area contributed by atoms with E-state index in [4.69, 9.17) is 0 Å². The van der Waals surface area contributed by atoms with Gasteiger partial charge in [0.25, 0.3) is 0 Å². The number of hydrogen-bond acceptors (Lipinski definition) is 4. The molecule has 0 spiro atoms. The van der Waals surface area contributed by atoms with E-state index in [1.54, 1.807) is 6.20 Å². The number of alkyl halides is 1. The maximum Gasteiger partial charge on any atom is 0.327 e. The van der Waals surface area contributed by atoms with Gasteiger partial charge < -0.3 is 0 Å². The van der Waals surface area contributed by atoms with Gasteiger partial charge in [-0.1, -0.05) is 27.3 Å². The predicted octanol–water partition coefficient (Wildman–Crippen LogP) is 2.34. The summed E-state index contributed by atoms with van der Waals surface area (Å²) >= 11 is 7.58. The first-order valence-corrected chi connectivity index (χ1v) is 6.63. The zero-order valence-corrected chi connectivity index (χ0v) is 11.4. The van der Waals surface area contributed by atoms with E-state index in [9.17, 15) is 9.59 Å². The fraction of sp³-hybridized carbons (Fsp3) is 0.286. The quantitative estimate of drug-likeness (QED) is 0.816. The Hall–Kier alpha value is -0.470. The normalized spacial score (nSPS) is 9.73. The Labute approximate surface area is 107 Å². The molecule has 0 bridgehead atoms. The van der Waals surface area contributed by atoms with Gasteiger partial charge in [0.15, 0.2) is 5.13 Å². The number of urea groups is 1. The Morgan fingerprint density at radius 1 is 1.53 bits per heavy atom. The minimum absolute atomic E-state index is 0.259. The minimum atomic E-state index is -0.567. The van der Waals surface area contributed by atoms with Crippen molar-refractivity contribution in [2.75, 3.05) is 10.6 Å². The van der Waals surface area contributed by atoms with Gasteiger partial charge in [-0.25, -0.2) is 9.78 Å². The summed E-state index contributed by atoms with van der Waals surface area (Å²) in [5.41, 5.74) is 0. The van der Waals surface area contributed by atoms with Crippen molar-refractivity contribution < 1.29 is 9.59 Å². The average molecular weight is 357 g/mol. The van der Waals surface area contributed by atoms with Crippen molar-refractivity contribution in [3.63, 3.8) is 0 Å². The van der Waals surface area contributed by atoms with Gasteiger partial charge in [0, 0.05) is 11.8 Å². The molecule has 0 saturated carbocycles. The SMILES string of the molecule is O=C(CCBr)NC(=O)Nc1ncc(Br)s1. The molecule has 0 aromatic carbocycles. The van der Waals surface area contributed by atoms with E-state index in [2.05, 4.69) is 47.5 Å². The molecule has 1 aromatic heterocycles. The number of rotatable bonds is 3. The standard InChI is InChI=1S/C7H7Br2N3O2S/c8-2-1-5(13)11-6(14)12-7-10-3-4(9)15-7/h3H,1-2H2,(H2,10,11,12,13,14). The van der Waals surface area contributed by atoms with Crippen LogP contribution in [0.15, 0.2) is 9.98 Å². The highest BCUT2D eigenvalue weighted by Crippen LogP contribution is 2.22. The number of anilines is 1. The number of carbonyl (C=O) groups excluding carboxylic acids is 2. The predicted molar refractivity (Wildman–Crippen MR) is 65.4 cm³/mol. The van der Waals surface area contributed by atoms with Crippen molar-refractivity contribution in [1.82, 2.24) is 10.3 Å². The molecule has 3 amide bonds. The van der Waals surface area contributed by atoms with Crippen LogP contribution in [0.3, 0.4) is 0 Å². The summed E-state index contributed by atoms with van der Waals surface area (Å²) in [5, 5.41) is 5.57. The fourth-order valence-electron chi connectivity index (χ4n) is 0.716. The van der Waals surface area contributed by atoms with Crippen LogP contribution >= 0.6 is 43.2 Å². The molecule has 15 heavy (non-hydrogen) atoms. The summed E-state index contributed by atoms with van der Waals surface area (Å²) in [7, 11) is 0. The lowest BCUT2D eigenvalue weighted by Gasteiger charge is -2.02. The summed E-state index contributed by atoms with van der Waals surface area (Å²) in [4.78, 5) is 26.1. The third kappa shape index (κ3) is 4.72. The van der Waals surface area contributed by atoms with Crippen LogP contribution in [0.1, 0.15) is 6.42 Å². The molecule has 0 aliphatic carbocycles. The van der Waals surface area contributed by atoms with Gasteiger partial charge in [-0.15, -0.1) is 0 Å². The molecule has 0 radical (unpaired) electrons. The van der Waals surface area contributed by atoms with Gasteiger partial charge >= 0.3 is 6.03 Å². The first-order chi connectivity index (χ1) is 7.11. The molecule has 0 aliphatic rings. The van der Waals surface area contributed by atoms with Crippen LogP contribution in [-0.4, -0.2) is 22.3 Å². The van der Waals surface area contributed by atoms with Gasteiger partial charge in [0.05, 0.1) is 9.98 Å². The molecule has 82 valence electrons. The second kappa shape index (κ2) is 6.19. The van der Waals surface area contributed by atoms with Crippen molar-refractivity contribution >= 4 is 60.3 Å². The molecule has 0 unspecified atom stereocenters. The van der Waals surface area contributed by atoms with Crippen molar-refractivity contribution in [3.8, 4) is 0 Å². The number of carbonyl (C=O) groups is 2. The highest BCUT2D eigenvalue weighted by molar-refractivity contribution is 9.11. The monoisotopic (exact) mass is 355 g/mol. The van der Waals surface area contributed by atoms with Crippen molar-refractivity contribution in [1.29, 1.82) is 0 Å². The lowest BCUT2D eigenvalue weighted by molar-refractivity contribution is -0.119. The Morgan fingerprint density at radius 3 is 2.80 bits per heavy atom. The summed E-state index contributed by atoms with van der Waals surface area (Å²) in [6, 6.07) is -0.567. The number of amides is 3. The topological polar surface area (TPSA) is 71.1 Å². The average Bonchev–Trinajstić information content (AvgIpc) is 2.51. The minimum Gasteiger partial charge on any atom is -0.283 e. The molecule has 0 fully saturated rings. The van der Waals surface area contributed by atoms with Crippen LogP contribution in [0.2, 0.25) is 0 Å². The van der Waals surface area contributed by atoms with E-state index in [1.165, 1.54) is 11.3 Å². The number of nitrogens with zero attached hydrogens (tertiary/aromatic N) is 1. The summed E-state index contributed by atoms with van der Waals surface area (Å²) < 4.78 is 0.810. The molecule has 5 nitrogen and oxygen atoms in total. The first-order valence-electron chi connectivity index (χ1n) is 3.90. The molecule has 1 aromatic rings. The molecule has 1 heterocycles. The second-order valence-electron chi connectivity index (χ2n) is 2.41. The van der Waals surface area contributed by atoms with Crippen molar-refractivity contribution in [2.24, 2.45) is 0 Å². The van der Waals surface area contributed by atoms with Gasteiger partial charge in [0.2, 0.25) is 5.91 Å². The molecular formula is C7H7Br2N3O2S. The number of nitrogens with one attached hydrogen (secondary N) is 2. The first kappa shape index (κ1) is 12.6. The largest absolute Gasteiger partial charge is 0.327 e. The van der Waals surface area contributed by atoms with Crippen LogP contribution in [0, 0.1) is 0 Å². The molecule has 8 heteroatoms. The van der Waals surface area contributed by atoms with E-state index < -0.39 is 6.03 Å². The number of halogens is 2. The van der Waals surface area contributed by atoms with Gasteiger partial charge in [-0.05, 0) is 15.9 Å². The maximum absolute atomic E-state index is 11.2. The smallest absolute Gasteiger partial charge is 0.283 e. The molecule has 0 saturated heterocycles. The number of thiazole rings is 1. The van der Waals surface area contributed by atoms with Crippen LogP contribution in [-0.2, 0) is 4.79 Å². The highest BCUT2D eigenvalue weighted by Gasteiger charge is 2.08. The van der Waals surface area contributed by atoms with E-state index in [0.717, 1.165) is 3.79 Å². The lowest BCUT2D eigenvalue weighted by atomic mass is 10.5. The van der Waals surface area contributed by atoms with Gasteiger partial charge in [-0.2, -0.15) is 0 Å². The molecule has 0 aliphatic heterocycles. The third-order valence-electron chi connectivity index (χ3n) is 1.27. The van der Waals surface area contributed by atoms with Gasteiger partial charge in [-0.3, -0.25) is 15.4 Å². The third-order valence-corrected chi connectivity index (χ3v) is 3.06. The van der Waals surface area contributed by atoms with E-state index in [1.807, 2.05) is 0 Å². The van der Waals surface area contributed by atoms with Crippen LogP contribution in [0.25, 0.3) is 0 Å². The Bertz CT molecular complexity index is 369. The zero-order chi connectivity index (χ0) is 11.3. The van der Waals surface area contributed by atoms with E-state index >= 15 is 0 Å². The highest BCUT2D eigenvalue weighted by atomic mass is 79.9. The Balaban J connectivity index is 2.39.